The number of aliphatic hydroxyl groups excluding tert-OH is 1. The van der Waals surface area contributed by atoms with E-state index in [0.717, 1.165) is 15.6 Å². The van der Waals surface area contributed by atoms with Gasteiger partial charge < -0.3 is 15.2 Å². The second kappa shape index (κ2) is 7.24. The number of carbonyl (C=O) groups is 1. The zero-order valence-corrected chi connectivity index (χ0v) is 13.2. The first-order valence-corrected chi connectivity index (χ1v) is 7.23. The normalized spacial score (nSPS) is 10.2. The van der Waals surface area contributed by atoms with Crippen LogP contribution in [0.15, 0.2) is 46.9 Å². The maximum atomic E-state index is 12.2. The number of carbonyl (C=O) groups excluding carboxylic acids is 1. The van der Waals surface area contributed by atoms with Crippen LogP contribution in [-0.2, 0) is 13.2 Å². The number of hydrogen-bond acceptors (Lipinski definition) is 3. The average molecular weight is 350 g/mol. The lowest BCUT2D eigenvalue weighted by Gasteiger charge is -2.09. The average Bonchev–Trinajstić information content (AvgIpc) is 2.53. The molecule has 0 saturated heterocycles. The van der Waals surface area contributed by atoms with E-state index in [1.165, 1.54) is 0 Å². The molecule has 0 fully saturated rings. The number of nitrogens with one attached hydrogen (secondary N) is 1. The number of halogens is 1. The minimum atomic E-state index is -0.174. The van der Waals surface area contributed by atoms with Gasteiger partial charge in [0.15, 0.2) is 0 Å². The molecule has 2 rings (SSSR count). The maximum absolute atomic E-state index is 12.2. The molecule has 2 N–H and O–H groups in total. The molecule has 21 heavy (non-hydrogen) atoms. The van der Waals surface area contributed by atoms with Crippen molar-refractivity contribution in [3.63, 3.8) is 0 Å². The zero-order chi connectivity index (χ0) is 15.2. The van der Waals surface area contributed by atoms with Crippen molar-refractivity contribution in [1.29, 1.82) is 0 Å². The van der Waals surface area contributed by atoms with Crippen LogP contribution in [0.2, 0.25) is 0 Å². The van der Waals surface area contributed by atoms with E-state index in [9.17, 15) is 4.79 Å². The summed E-state index contributed by atoms with van der Waals surface area (Å²) >= 11 is 3.36. The Bertz CT molecular complexity index is 626. The molecular formula is C16H16BrNO3. The van der Waals surface area contributed by atoms with Crippen LogP contribution in [0, 0.1) is 0 Å². The molecule has 1 amide bonds. The molecule has 0 aliphatic rings. The van der Waals surface area contributed by atoms with Crippen molar-refractivity contribution < 1.29 is 14.6 Å². The molecule has 0 unspecified atom stereocenters. The number of hydrogen-bond donors (Lipinski definition) is 2. The smallest absolute Gasteiger partial charge is 0.252 e. The van der Waals surface area contributed by atoms with Crippen LogP contribution in [0.5, 0.6) is 5.75 Å². The Morgan fingerprint density at radius 2 is 1.86 bits per heavy atom. The highest BCUT2D eigenvalue weighted by Crippen LogP contribution is 2.22. The summed E-state index contributed by atoms with van der Waals surface area (Å²) in [5.41, 5.74) is 2.35. The van der Waals surface area contributed by atoms with E-state index < -0.39 is 0 Å². The number of ether oxygens (including phenoxy) is 1. The SMILES string of the molecule is COc1ccc(Br)c(C(=O)NCc2ccc(CO)cc2)c1. The summed E-state index contributed by atoms with van der Waals surface area (Å²) in [4.78, 5) is 12.2. The Kier molecular flexibility index (Phi) is 5.36. The van der Waals surface area contributed by atoms with Gasteiger partial charge in [-0.1, -0.05) is 24.3 Å². The van der Waals surface area contributed by atoms with E-state index in [-0.39, 0.29) is 12.5 Å². The third-order valence-electron chi connectivity index (χ3n) is 3.08. The fraction of sp³-hybridized carbons (Fsp3) is 0.188. The molecule has 0 aromatic heterocycles. The summed E-state index contributed by atoms with van der Waals surface area (Å²) in [6, 6.07) is 12.7. The fourth-order valence-electron chi connectivity index (χ4n) is 1.85. The number of benzene rings is 2. The van der Waals surface area contributed by atoms with Gasteiger partial charge in [-0.05, 0) is 45.3 Å². The van der Waals surface area contributed by atoms with Crippen LogP contribution in [0.1, 0.15) is 21.5 Å². The summed E-state index contributed by atoms with van der Waals surface area (Å²) < 4.78 is 5.84. The quantitative estimate of drug-likeness (QED) is 0.872. The molecule has 110 valence electrons. The van der Waals surface area contributed by atoms with Gasteiger partial charge >= 0.3 is 0 Å². The van der Waals surface area contributed by atoms with Crippen molar-refractivity contribution >= 4 is 21.8 Å². The first kappa shape index (κ1) is 15.5. The highest BCUT2D eigenvalue weighted by atomic mass is 79.9. The van der Waals surface area contributed by atoms with Gasteiger partial charge in [0.05, 0.1) is 19.3 Å². The van der Waals surface area contributed by atoms with E-state index in [4.69, 9.17) is 9.84 Å². The molecule has 5 heteroatoms. The molecular weight excluding hydrogens is 334 g/mol. The van der Waals surface area contributed by atoms with Crippen LogP contribution < -0.4 is 10.1 Å². The summed E-state index contributed by atoms with van der Waals surface area (Å²) in [6.45, 7) is 0.442. The van der Waals surface area contributed by atoms with E-state index >= 15 is 0 Å². The lowest BCUT2D eigenvalue weighted by Crippen LogP contribution is -2.23. The van der Waals surface area contributed by atoms with Gasteiger partial charge in [-0.2, -0.15) is 0 Å². The van der Waals surface area contributed by atoms with Gasteiger partial charge in [0.2, 0.25) is 0 Å². The van der Waals surface area contributed by atoms with Crippen LogP contribution in [0.4, 0.5) is 0 Å². The number of amides is 1. The lowest BCUT2D eigenvalue weighted by atomic mass is 10.1. The van der Waals surface area contributed by atoms with Crippen molar-refractivity contribution in [2.75, 3.05) is 7.11 Å². The Labute approximate surface area is 131 Å². The van der Waals surface area contributed by atoms with Gasteiger partial charge in [-0.25, -0.2) is 0 Å². The molecule has 0 radical (unpaired) electrons. The maximum Gasteiger partial charge on any atom is 0.252 e. The van der Waals surface area contributed by atoms with Crippen LogP contribution in [-0.4, -0.2) is 18.1 Å². The molecule has 0 bridgehead atoms. The largest absolute Gasteiger partial charge is 0.497 e. The fourth-order valence-corrected chi connectivity index (χ4v) is 2.27. The Balaban J connectivity index is 2.04. The predicted octanol–water partition coefficient (Wildman–Crippen LogP) is 2.88. The molecule has 2 aromatic rings. The van der Waals surface area contributed by atoms with Gasteiger partial charge in [0.1, 0.15) is 5.75 Å². The minimum Gasteiger partial charge on any atom is -0.497 e. The molecule has 0 saturated carbocycles. The van der Waals surface area contributed by atoms with E-state index in [2.05, 4.69) is 21.2 Å². The standard InChI is InChI=1S/C16H16BrNO3/c1-21-13-6-7-15(17)14(8-13)16(20)18-9-11-2-4-12(10-19)5-3-11/h2-8,19H,9-10H2,1H3,(H,18,20). The summed E-state index contributed by atoms with van der Waals surface area (Å²) in [5, 5.41) is 11.8. The third kappa shape index (κ3) is 4.06. The molecule has 4 nitrogen and oxygen atoms in total. The first-order chi connectivity index (χ1) is 10.1. The van der Waals surface area contributed by atoms with E-state index in [1.807, 2.05) is 24.3 Å². The highest BCUT2D eigenvalue weighted by Gasteiger charge is 2.11. The molecule has 0 atom stereocenters. The van der Waals surface area contributed by atoms with Gasteiger partial charge in [0.25, 0.3) is 5.91 Å². The molecule has 2 aromatic carbocycles. The number of aliphatic hydroxyl groups is 1. The van der Waals surface area contributed by atoms with E-state index in [1.54, 1.807) is 25.3 Å². The molecule has 0 spiro atoms. The van der Waals surface area contributed by atoms with Crippen molar-refractivity contribution in [3.8, 4) is 5.75 Å². The second-order valence-electron chi connectivity index (χ2n) is 4.50. The lowest BCUT2D eigenvalue weighted by molar-refractivity contribution is 0.0949. The monoisotopic (exact) mass is 349 g/mol. The number of rotatable bonds is 5. The van der Waals surface area contributed by atoms with Crippen molar-refractivity contribution in [3.05, 3.63) is 63.6 Å². The second-order valence-corrected chi connectivity index (χ2v) is 5.36. The van der Waals surface area contributed by atoms with Crippen molar-refractivity contribution in [2.24, 2.45) is 0 Å². The zero-order valence-electron chi connectivity index (χ0n) is 11.6. The molecule has 0 aliphatic heterocycles. The van der Waals surface area contributed by atoms with Gasteiger partial charge in [-0.15, -0.1) is 0 Å². The highest BCUT2D eigenvalue weighted by molar-refractivity contribution is 9.10. The summed E-state index contributed by atoms with van der Waals surface area (Å²) in [7, 11) is 1.56. The number of methoxy groups -OCH3 is 1. The van der Waals surface area contributed by atoms with E-state index in [0.29, 0.717) is 17.9 Å². The Morgan fingerprint density at radius 1 is 1.19 bits per heavy atom. The molecule has 0 aliphatic carbocycles. The van der Waals surface area contributed by atoms with Crippen LogP contribution >= 0.6 is 15.9 Å². The topological polar surface area (TPSA) is 58.6 Å². The summed E-state index contributed by atoms with van der Waals surface area (Å²) in [6.07, 6.45) is 0. The third-order valence-corrected chi connectivity index (χ3v) is 3.77. The van der Waals surface area contributed by atoms with Crippen molar-refractivity contribution in [2.45, 2.75) is 13.2 Å². The molecule has 0 heterocycles. The first-order valence-electron chi connectivity index (χ1n) is 6.44. The van der Waals surface area contributed by atoms with Crippen LogP contribution in [0.25, 0.3) is 0 Å². The Hall–Kier alpha value is -1.85. The van der Waals surface area contributed by atoms with Crippen molar-refractivity contribution in [1.82, 2.24) is 5.32 Å². The Morgan fingerprint density at radius 3 is 2.48 bits per heavy atom. The van der Waals surface area contributed by atoms with Crippen LogP contribution in [0.3, 0.4) is 0 Å². The van der Waals surface area contributed by atoms with Gasteiger partial charge in [0, 0.05) is 11.0 Å². The van der Waals surface area contributed by atoms with Gasteiger partial charge in [-0.3, -0.25) is 4.79 Å². The minimum absolute atomic E-state index is 0.0173. The predicted molar refractivity (Wildman–Crippen MR) is 84.2 cm³/mol. The summed E-state index contributed by atoms with van der Waals surface area (Å²) in [5.74, 6) is 0.461.